The van der Waals surface area contributed by atoms with Gasteiger partial charge >= 0.3 is 0 Å². The Kier molecular flexibility index (Phi) is 53.4. The van der Waals surface area contributed by atoms with Crippen LogP contribution in [0.3, 0.4) is 0 Å². The van der Waals surface area contributed by atoms with Crippen molar-refractivity contribution in [3.05, 3.63) is 109 Å². The maximum Gasteiger partial charge on any atom is 0.231 e. The van der Waals surface area contributed by atoms with E-state index < -0.39 is 0 Å². The largest absolute Gasteiger partial charge is 0.231 e. The smallest absolute Gasteiger partial charge is 0.222 e. The SMILES string of the molecule is C.Cc1ccccc1.N=C=O.N=C=O.N=C=O.N=C=O.c1ccccc1.c1ccccc1. The summed E-state index contributed by atoms with van der Waals surface area (Å²) in [6, 6.07) is 34.3. The van der Waals surface area contributed by atoms with Crippen LogP contribution in [0.15, 0.2) is 103 Å². The lowest BCUT2D eigenvalue weighted by Gasteiger charge is -1.82. The Morgan fingerprint density at radius 3 is 0.656 bits per heavy atom. The maximum absolute atomic E-state index is 8.35. The highest BCUT2D eigenvalue weighted by Crippen LogP contribution is 1.92. The van der Waals surface area contributed by atoms with Crippen molar-refractivity contribution in [1.29, 1.82) is 21.6 Å². The molecule has 0 aliphatic rings. The van der Waals surface area contributed by atoms with Crippen molar-refractivity contribution < 1.29 is 19.2 Å². The predicted molar refractivity (Wildman–Crippen MR) is 124 cm³/mol. The Balaban J connectivity index is -0.0000000916. The lowest BCUT2D eigenvalue weighted by molar-refractivity contribution is 0.562. The normalized spacial score (nSPS) is 5.91. The highest BCUT2D eigenvalue weighted by atomic mass is 16.1. The van der Waals surface area contributed by atoms with Crippen molar-refractivity contribution in [3.8, 4) is 0 Å². The van der Waals surface area contributed by atoms with Crippen molar-refractivity contribution in [2.75, 3.05) is 0 Å². The molecule has 0 saturated carbocycles. The Morgan fingerprint density at radius 2 is 0.562 bits per heavy atom. The van der Waals surface area contributed by atoms with Gasteiger partial charge in [0.15, 0.2) is 0 Å². The second-order valence-electron chi connectivity index (χ2n) is 4.37. The first-order valence-electron chi connectivity index (χ1n) is 8.23. The molecule has 4 N–H and O–H groups in total. The predicted octanol–water partition coefficient (Wildman–Crippen LogP) is 5.61. The van der Waals surface area contributed by atoms with Gasteiger partial charge in [-0.1, -0.05) is 116 Å². The van der Waals surface area contributed by atoms with Crippen LogP contribution in [0.2, 0.25) is 0 Å². The van der Waals surface area contributed by atoms with E-state index in [1.54, 1.807) is 0 Å². The molecule has 0 saturated heterocycles. The van der Waals surface area contributed by atoms with Gasteiger partial charge in [0, 0.05) is 0 Å². The molecule has 0 aromatic heterocycles. The Bertz CT molecular complexity index is 702. The van der Waals surface area contributed by atoms with Crippen molar-refractivity contribution in [1.82, 2.24) is 0 Å². The summed E-state index contributed by atoms with van der Waals surface area (Å²) in [6.07, 6.45) is 3.00. The molecule has 0 aliphatic carbocycles. The van der Waals surface area contributed by atoms with Gasteiger partial charge in [-0.05, 0) is 6.92 Å². The number of aryl methyl sites for hydroxylation is 1. The second kappa shape index (κ2) is 45.1. The van der Waals surface area contributed by atoms with E-state index in [9.17, 15) is 0 Å². The molecular weight excluding hydrogens is 408 g/mol. The monoisotopic (exact) mass is 436 g/mol. The topological polar surface area (TPSA) is 164 Å². The molecule has 0 atom stereocenters. The third kappa shape index (κ3) is 63.9. The van der Waals surface area contributed by atoms with Gasteiger partial charge in [0.25, 0.3) is 0 Å². The van der Waals surface area contributed by atoms with Gasteiger partial charge in [-0.25, -0.2) is 40.8 Å². The standard InChI is InChI=1S/C7H8.2C6H6.4CHNO.CH4/c1-7-5-3-2-4-6-7;2*1-2-4-6-5-3-1;4*2-1-3;/h2-6H,1H3;2*1-6H;4*2H;1H4. The van der Waals surface area contributed by atoms with Crippen LogP contribution < -0.4 is 0 Å². The van der Waals surface area contributed by atoms with E-state index in [4.69, 9.17) is 40.8 Å². The molecule has 8 heteroatoms. The fourth-order valence-corrected chi connectivity index (χ4v) is 1.30. The quantitative estimate of drug-likeness (QED) is 0.266. The highest BCUT2D eigenvalue weighted by molar-refractivity contribution is 5.26. The average molecular weight is 437 g/mol. The average Bonchev–Trinajstić information content (AvgIpc) is 2.80. The molecule has 168 valence electrons. The van der Waals surface area contributed by atoms with Crippen molar-refractivity contribution in [2.24, 2.45) is 0 Å². The summed E-state index contributed by atoms with van der Waals surface area (Å²) in [7, 11) is 0. The summed E-state index contributed by atoms with van der Waals surface area (Å²) < 4.78 is 0. The molecule has 0 heterocycles. The lowest BCUT2D eigenvalue weighted by atomic mass is 10.2. The Morgan fingerprint density at radius 1 is 0.438 bits per heavy atom. The minimum absolute atomic E-state index is 0. The number of rotatable bonds is 0. The van der Waals surface area contributed by atoms with Gasteiger partial charge in [0.2, 0.25) is 24.3 Å². The van der Waals surface area contributed by atoms with Crippen LogP contribution in [0.1, 0.15) is 13.0 Å². The van der Waals surface area contributed by atoms with E-state index in [2.05, 4.69) is 19.1 Å². The van der Waals surface area contributed by atoms with Crippen LogP contribution in [-0.2, 0) is 19.2 Å². The first-order chi connectivity index (χ1) is 15.1. The molecule has 3 aromatic carbocycles. The zero-order chi connectivity index (χ0) is 24.4. The Hall–Kier alpha value is -4.82. The van der Waals surface area contributed by atoms with E-state index in [1.165, 1.54) is 5.56 Å². The van der Waals surface area contributed by atoms with Crippen LogP contribution in [0.5, 0.6) is 0 Å². The molecule has 3 rings (SSSR count). The van der Waals surface area contributed by atoms with Crippen LogP contribution in [0, 0.1) is 28.6 Å². The number of hydrogen-bond acceptors (Lipinski definition) is 8. The number of nitrogens with one attached hydrogen (secondary N) is 4. The van der Waals surface area contributed by atoms with Crippen molar-refractivity contribution >= 4 is 24.3 Å². The molecule has 0 radical (unpaired) electrons. The van der Waals surface area contributed by atoms with Gasteiger partial charge in [-0.2, -0.15) is 0 Å². The zero-order valence-electron chi connectivity index (χ0n) is 16.9. The number of carbonyl (C=O) groups excluding carboxylic acids is 4. The van der Waals surface area contributed by atoms with Crippen molar-refractivity contribution in [3.63, 3.8) is 0 Å². The number of isocyanates is 4. The minimum atomic E-state index is 0. The molecule has 32 heavy (non-hydrogen) atoms. The number of hydrogen-bond donors (Lipinski definition) is 4. The fraction of sp³-hybridized carbons (Fsp3) is 0.0833. The molecular formula is C24H28N4O4. The van der Waals surface area contributed by atoms with Gasteiger partial charge in [-0.3, -0.25) is 0 Å². The van der Waals surface area contributed by atoms with E-state index in [-0.39, 0.29) is 7.43 Å². The molecule has 3 aromatic rings. The summed E-state index contributed by atoms with van der Waals surface area (Å²) in [5.41, 5.74) is 1.32. The molecule has 0 spiro atoms. The van der Waals surface area contributed by atoms with E-state index in [0.29, 0.717) is 0 Å². The van der Waals surface area contributed by atoms with Crippen LogP contribution in [0.25, 0.3) is 0 Å². The van der Waals surface area contributed by atoms with Gasteiger partial charge in [0.1, 0.15) is 0 Å². The number of benzene rings is 3. The van der Waals surface area contributed by atoms with Gasteiger partial charge < -0.3 is 0 Å². The summed E-state index contributed by atoms with van der Waals surface area (Å²) in [6.45, 7) is 2.08. The van der Waals surface area contributed by atoms with E-state index in [1.807, 2.05) is 91.0 Å². The third-order valence-corrected chi connectivity index (χ3v) is 2.27. The van der Waals surface area contributed by atoms with Crippen molar-refractivity contribution in [2.45, 2.75) is 14.4 Å². The van der Waals surface area contributed by atoms with E-state index >= 15 is 0 Å². The molecule has 0 bridgehead atoms. The third-order valence-electron chi connectivity index (χ3n) is 2.27. The summed E-state index contributed by atoms with van der Waals surface area (Å²) in [4.78, 5) is 33.4. The summed E-state index contributed by atoms with van der Waals surface area (Å²) >= 11 is 0. The second-order valence-corrected chi connectivity index (χ2v) is 4.37. The lowest BCUT2D eigenvalue weighted by Crippen LogP contribution is -1.62. The van der Waals surface area contributed by atoms with Gasteiger partial charge in [-0.15, -0.1) is 0 Å². The molecule has 0 unspecified atom stereocenters. The maximum atomic E-state index is 8.35. The fourth-order valence-electron chi connectivity index (χ4n) is 1.30. The zero-order valence-corrected chi connectivity index (χ0v) is 16.9. The van der Waals surface area contributed by atoms with Crippen LogP contribution >= 0.6 is 0 Å². The van der Waals surface area contributed by atoms with Gasteiger partial charge in [0.05, 0.1) is 0 Å². The van der Waals surface area contributed by atoms with Crippen LogP contribution in [0.4, 0.5) is 0 Å². The summed E-state index contributed by atoms with van der Waals surface area (Å²) in [5, 5.41) is 21.6. The molecule has 8 nitrogen and oxygen atoms in total. The molecule has 0 amide bonds. The molecule has 0 aliphatic heterocycles. The summed E-state index contributed by atoms with van der Waals surface area (Å²) in [5.74, 6) is 0. The Labute approximate surface area is 188 Å². The minimum Gasteiger partial charge on any atom is -0.222 e. The first-order valence-corrected chi connectivity index (χ1v) is 8.23. The molecule has 0 fully saturated rings. The van der Waals surface area contributed by atoms with E-state index in [0.717, 1.165) is 24.3 Å². The first kappa shape index (κ1) is 37.9. The van der Waals surface area contributed by atoms with Crippen LogP contribution in [-0.4, -0.2) is 24.3 Å². The highest BCUT2D eigenvalue weighted by Gasteiger charge is 1.72.